The van der Waals surface area contributed by atoms with Crippen molar-refractivity contribution in [2.45, 2.75) is 23.1 Å². The van der Waals surface area contributed by atoms with Crippen LogP contribution >= 0.6 is 12.8 Å². The zero-order valence-electron chi connectivity index (χ0n) is 8.78. The Morgan fingerprint density at radius 2 is 2.00 bits per heavy atom. The van der Waals surface area contributed by atoms with Crippen LogP contribution in [-0.2, 0) is 9.84 Å². The average molecular weight is 258 g/mol. The first-order valence-corrected chi connectivity index (χ1v) is 7.14. The van der Waals surface area contributed by atoms with Gasteiger partial charge in [-0.3, -0.25) is 4.31 Å². The molecule has 4 nitrogen and oxygen atoms in total. The molecule has 1 aromatic rings. The summed E-state index contributed by atoms with van der Waals surface area (Å²) in [6, 6.07) is 4.98. The highest BCUT2D eigenvalue weighted by Crippen LogP contribution is 2.23. The third kappa shape index (κ3) is 2.39. The van der Waals surface area contributed by atoms with E-state index in [2.05, 4.69) is 17.8 Å². The van der Waals surface area contributed by atoms with Crippen LogP contribution in [0.5, 0.6) is 0 Å². The van der Waals surface area contributed by atoms with Gasteiger partial charge in [-0.05, 0) is 25.0 Å². The molecule has 0 amide bonds. The average Bonchev–Trinajstić information content (AvgIpc) is 2.31. The van der Waals surface area contributed by atoms with Crippen molar-refractivity contribution in [3.05, 3.63) is 24.4 Å². The molecule has 1 saturated heterocycles. The number of sulfone groups is 1. The van der Waals surface area contributed by atoms with Gasteiger partial charge in [-0.1, -0.05) is 18.9 Å². The minimum absolute atomic E-state index is 0.188. The lowest BCUT2D eigenvalue weighted by Gasteiger charge is -2.27. The number of hydrogen-bond donors (Lipinski definition) is 1. The zero-order chi connectivity index (χ0) is 11.6. The van der Waals surface area contributed by atoms with Gasteiger partial charge in [-0.15, -0.1) is 0 Å². The van der Waals surface area contributed by atoms with Crippen LogP contribution in [0.1, 0.15) is 12.8 Å². The molecule has 16 heavy (non-hydrogen) atoms. The van der Waals surface area contributed by atoms with Crippen molar-refractivity contribution in [1.29, 1.82) is 0 Å². The van der Waals surface area contributed by atoms with Crippen LogP contribution in [0, 0.1) is 0 Å². The normalized spacial score (nSPS) is 19.8. The van der Waals surface area contributed by atoms with Crippen molar-refractivity contribution in [3.63, 3.8) is 0 Å². The topological polar surface area (TPSA) is 50.3 Å². The molecule has 0 radical (unpaired) electrons. The molecule has 0 saturated carbocycles. The molecule has 1 aliphatic heterocycles. The van der Waals surface area contributed by atoms with Gasteiger partial charge in [0.2, 0.25) is 0 Å². The molecule has 0 N–H and O–H groups in total. The molecule has 88 valence electrons. The standard InChI is InChI=1S/C10H14N2O2S2/c13-16(14,10-3-1-2-6-11-10)9-4-7-12(15)8-5-9/h1-3,6,9,15H,4-5,7-8H2. The van der Waals surface area contributed by atoms with Crippen molar-refractivity contribution in [2.24, 2.45) is 0 Å². The molecule has 2 heterocycles. The highest BCUT2D eigenvalue weighted by molar-refractivity contribution is 7.92. The summed E-state index contributed by atoms with van der Waals surface area (Å²) in [6.07, 6.45) is 2.77. The summed E-state index contributed by atoms with van der Waals surface area (Å²) in [4.78, 5) is 3.92. The predicted molar refractivity (Wildman–Crippen MR) is 65.0 cm³/mol. The van der Waals surface area contributed by atoms with E-state index in [0.29, 0.717) is 25.9 Å². The molecule has 0 atom stereocenters. The van der Waals surface area contributed by atoms with Gasteiger partial charge in [0.1, 0.15) is 0 Å². The second-order valence-electron chi connectivity index (χ2n) is 3.87. The minimum atomic E-state index is -3.26. The maximum Gasteiger partial charge on any atom is 0.198 e. The van der Waals surface area contributed by atoms with Crippen molar-refractivity contribution in [1.82, 2.24) is 9.29 Å². The van der Waals surface area contributed by atoms with E-state index in [1.165, 1.54) is 6.20 Å². The summed E-state index contributed by atoms with van der Waals surface area (Å²) >= 11 is 4.21. The third-order valence-electron chi connectivity index (χ3n) is 2.79. The summed E-state index contributed by atoms with van der Waals surface area (Å²) < 4.78 is 26.2. The van der Waals surface area contributed by atoms with E-state index >= 15 is 0 Å². The molecule has 2 rings (SSSR count). The Balaban J connectivity index is 2.20. The molecule has 1 fully saturated rings. The highest BCUT2D eigenvalue weighted by Gasteiger charge is 2.31. The monoisotopic (exact) mass is 258 g/mol. The van der Waals surface area contributed by atoms with Gasteiger partial charge in [-0.25, -0.2) is 13.4 Å². The first-order chi connectivity index (χ1) is 7.60. The minimum Gasteiger partial charge on any atom is -0.253 e. The summed E-state index contributed by atoms with van der Waals surface area (Å²) in [5.41, 5.74) is 0. The summed E-state index contributed by atoms with van der Waals surface area (Å²) in [6.45, 7) is 1.42. The Morgan fingerprint density at radius 1 is 1.31 bits per heavy atom. The van der Waals surface area contributed by atoms with Crippen LogP contribution in [0.15, 0.2) is 29.4 Å². The second kappa shape index (κ2) is 4.73. The predicted octanol–water partition coefficient (Wildman–Crippen LogP) is 1.16. The van der Waals surface area contributed by atoms with Gasteiger partial charge < -0.3 is 0 Å². The maximum atomic E-state index is 12.2. The lowest BCUT2D eigenvalue weighted by molar-refractivity contribution is 0.381. The van der Waals surface area contributed by atoms with Crippen molar-refractivity contribution >= 4 is 22.7 Å². The Kier molecular flexibility index (Phi) is 3.51. The first-order valence-electron chi connectivity index (χ1n) is 5.19. The SMILES string of the molecule is O=S(=O)(c1ccccn1)C1CCN(S)CC1. The molecule has 0 aliphatic carbocycles. The Bertz CT molecular complexity index is 439. The quantitative estimate of drug-likeness (QED) is 0.809. The second-order valence-corrected chi connectivity index (χ2v) is 6.61. The number of piperidine rings is 1. The number of rotatable bonds is 2. The maximum absolute atomic E-state index is 12.2. The fourth-order valence-corrected chi connectivity index (χ4v) is 3.72. The zero-order valence-corrected chi connectivity index (χ0v) is 10.5. The van der Waals surface area contributed by atoms with Gasteiger partial charge in [0.05, 0.1) is 5.25 Å². The fraction of sp³-hybridized carbons (Fsp3) is 0.500. The largest absolute Gasteiger partial charge is 0.253 e. The van der Waals surface area contributed by atoms with E-state index in [1.54, 1.807) is 18.2 Å². The van der Waals surface area contributed by atoms with Crippen molar-refractivity contribution in [2.75, 3.05) is 13.1 Å². The Morgan fingerprint density at radius 3 is 2.56 bits per heavy atom. The van der Waals surface area contributed by atoms with E-state index in [-0.39, 0.29) is 10.3 Å². The summed E-state index contributed by atoms with van der Waals surface area (Å²) in [5, 5.41) is -0.126. The number of hydrogen-bond acceptors (Lipinski definition) is 5. The van der Waals surface area contributed by atoms with Crippen molar-refractivity contribution in [3.8, 4) is 0 Å². The van der Waals surface area contributed by atoms with E-state index in [9.17, 15) is 8.42 Å². The lowest BCUT2D eigenvalue weighted by atomic mass is 10.2. The fourth-order valence-electron chi connectivity index (χ4n) is 1.84. The molecule has 0 unspecified atom stereocenters. The summed E-state index contributed by atoms with van der Waals surface area (Å²) in [7, 11) is -3.26. The highest BCUT2D eigenvalue weighted by atomic mass is 32.2. The van der Waals surface area contributed by atoms with Gasteiger partial charge >= 0.3 is 0 Å². The van der Waals surface area contributed by atoms with Crippen LogP contribution < -0.4 is 0 Å². The molecule has 0 bridgehead atoms. The molecule has 1 aromatic heterocycles. The van der Waals surface area contributed by atoms with Crippen LogP contribution in [0.3, 0.4) is 0 Å². The lowest BCUT2D eigenvalue weighted by Crippen LogP contribution is -2.35. The number of thiol groups is 1. The molecule has 0 spiro atoms. The summed E-state index contributed by atoms with van der Waals surface area (Å²) in [5.74, 6) is 0. The molecule has 0 aromatic carbocycles. The van der Waals surface area contributed by atoms with E-state index in [4.69, 9.17) is 0 Å². The number of nitrogens with zero attached hydrogens (tertiary/aromatic N) is 2. The van der Waals surface area contributed by atoms with Gasteiger partial charge in [0.15, 0.2) is 14.9 Å². The van der Waals surface area contributed by atoms with Gasteiger partial charge in [0, 0.05) is 19.3 Å². The van der Waals surface area contributed by atoms with Crippen LogP contribution in [0.4, 0.5) is 0 Å². The molecular weight excluding hydrogens is 244 g/mol. The number of pyridine rings is 1. The van der Waals surface area contributed by atoms with Gasteiger partial charge in [-0.2, -0.15) is 0 Å². The smallest absolute Gasteiger partial charge is 0.198 e. The molecular formula is C10H14N2O2S2. The Labute approximate surface area is 101 Å². The van der Waals surface area contributed by atoms with Crippen LogP contribution in [0.25, 0.3) is 0 Å². The third-order valence-corrected chi connectivity index (χ3v) is 5.36. The van der Waals surface area contributed by atoms with E-state index < -0.39 is 9.84 Å². The molecule has 1 aliphatic rings. The van der Waals surface area contributed by atoms with E-state index in [1.807, 2.05) is 4.31 Å². The Hall–Kier alpha value is -0.590. The van der Waals surface area contributed by atoms with Gasteiger partial charge in [0.25, 0.3) is 0 Å². The van der Waals surface area contributed by atoms with E-state index in [0.717, 1.165) is 0 Å². The molecule has 6 heteroatoms. The first kappa shape index (κ1) is 11.9. The van der Waals surface area contributed by atoms with Crippen LogP contribution in [0.2, 0.25) is 0 Å². The van der Waals surface area contributed by atoms with Crippen molar-refractivity contribution < 1.29 is 8.42 Å². The van der Waals surface area contributed by atoms with Crippen LogP contribution in [-0.4, -0.2) is 36.0 Å². The number of aromatic nitrogens is 1.